The second-order valence-corrected chi connectivity index (χ2v) is 4.92. The van der Waals surface area contributed by atoms with Crippen LogP contribution in [0, 0.1) is 11.3 Å². The number of nitrogens with zero attached hydrogens (tertiary/aromatic N) is 2. The maximum Gasteiger partial charge on any atom is 0.0992 e. The van der Waals surface area contributed by atoms with Crippen molar-refractivity contribution >= 4 is 5.69 Å². The van der Waals surface area contributed by atoms with Gasteiger partial charge in [0.1, 0.15) is 0 Å². The highest BCUT2D eigenvalue weighted by molar-refractivity contribution is 5.51. The van der Waals surface area contributed by atoms with Crippen LogP contribution < -0.4 is 4.90 Å². The van der Waals surface area contributed by atoms with Crippen LogP contribution in [0.1, 0.15) is 44.1 Å². The van der Waals surface area contributed by atoms with E-state index in [0.29, 0.717) is 6.04 Å². The van der Waals surface area contributed by atoms with Gasteiger partial charge in [-0.15, -0.1) is 0 Å². The monoisotopic (exact) mass is 228 g/mol. The van der Waals surface area contributed by atoms with Crippen molar-refractivity contribution in [1.82, 2.24) is 0 Å². The molecule has 1 aliphatic rings. The van der Waals surface area contributed by atoms with E-state index in [2.05, 4.69) is 24.1 Å². The summed E-state index contributed by atoms with van der Waals surface area (Å²) in [6, 6.07) is 10.8. The van der Waals surface area contributed by atoms with Gasteiger partial charge in [0.25, 0.3) is 0 Å². The fraction of sp³-hybridized carbons (Fsp3) is 0.533. The summed E-state index contributed by atoms with van der Waals surface area (Å²) in [5, 5.41) is 8.93. The first-order valence-electron chi connectivity index (χ1n) is 6.54. The highest BCUT2D eigenvalue weighted by Crippen LogP contribution is 2.25. The van der Waals surface area contributed by atoms with E-state index in [1.807, 2.05) is 18.2 Å². The van der Waals surface area contributed by atoms with E-state index in [-0.39, 0.29) is 0 Å². The van der Waals surface area contributed by atoms with Gasteiger partial charge in [0, 0.05) is 18.8 Å². The molecule has 2 nitrogen and oxygen atoms in total. The lowest BCUT2D eigenvalue weighted by Crippen LogP contribution is -2.31. The molecule has 0 amide bonds. The van der Waals surface area contributed by atoms with Gasteiger partial charge >= 0.3 is 0 Å². The van der Waals surface area contributed by atoms with E-state index >= 15 is 0 Å². The molecule has 90 valence electrons. The van der Waals surface area contributed by atoms with E-state index in [0.717, 1.165) is 5.56 Å². The summed E-state index contributed by atoms with van der Waals surface area (Å²) in [6.07, 6.45) is 8.01. The molecular formula is C15H20N2. The lowest BCUT2D eigenvalue weighted by atomic mass is 10.1. The topological polar surface area (TPSA) is 27.0 Å². The number of hydrogen-bond donors (Lipinski definition) is 0. The van der Waals surface area contributed by atoms with Gasteiger partial charge in [0.2, 0.25) is 0 Å². The van der Waals surface area contributed by atoms with Crippen molar-refractivity contribution in [2.45, 2.75) is 44.6 Å². The highest BCUT2D eigenvalue weighted by atomic mass is 15.1. The molecule has 1 saturated carbocycles. The standard InChI is InChI=1S/C15H20N2/c1-17(14-8-4-2-3-5-9-14)15-10-6-7-13(11-15)12-16/h6-7,10-11,14H,2-5,8-9H2,1H3. The molecule has 2 rings (SSSR count). The molecule has 17 heavy (non-hydrogen) atoms. The molecule has 1 aromatic rings. The molecule has 0 unspecified atom stereocenters. The van der Waals surface area contributed by atoms with Crippen molar-refractivity contribution in [1.29, 1.82) is 5.26 Å². The normalized spacial score (nSPS) is 17.2. The average Bonchev–Trinajstić information content (AvgIpc) is 2.67. The van der Waals surface area contributed by atoms with Crippen molar-refractivity contribution in [3.8, 4) is 6.07 Å². The Hall–Kier alpha value is -1.49. The Morgan fingerprint density at radius 1 is 1.18 bits per heavy atom. The third kappa shape index (κ3) is 3.00. The van der Waals surface area contributed by atoms with Crippen LogP contribution in [0.25, 0.3) is 0 Å². The molecule has 1 fully saturated rings. The Kier molecular flexibility index (Phi) is 4.03. The Bertz CT molecular complexity index is 398. The maximum absolute atomic E-state index is 8.93. The Morgan fingerprint density at radius 2 is 1.88 bits per heavy atom. The van der Waals surface area contributed by atoms with Crippen molar-refractivity contribution < 1.29 is 0 Å². The summed E-state index contributed by atoms with van der Waals surface area (Å²) in [6.45, 7) is 0. The fourth-order valence-electron chi connectivity index (χ4n) is 2.65. The zero-order chi connectivity index (χ0) is 12.1. The summed E-state index contributed by atoms with van der Waals surface area (Å²) < 4.78 is 0. The van der Waals surface area contributed by atoms with Crippen LogP contribution in [0.4, 0.5) is 5.69 Å². The molecule has 0 N–H and O–H groups in total. The first kappa shape index (κ1) is 12.0. The number of anilines is 1. The smallest absolute Gasteiger partial charge is 0.0992 e. The van der Waals surface area contributed by atoms with Gasteiger partial charge in [-0.05, 0) is 31.0 Å². The van der Waals surface area contributed by atoms with Gasteiger partial charge in [-0.25, -0.2) is 0 Å². The van der Waals surface area contributed by atoms with Gasteiger partial charge < -0.3 is 4.90 Å². The lowest BCUT2D eigenvalue weighted by molar-refractivity contribution is 0.553. The van der Waals surface area contributed by atoms with E-state index in [9.17, 15) is 0 Å². The quantitative estimate of drug-likeness (QED) is 0.721. The number of rotatable bonds is 2. The van der Waals surface area contributed by atoms with Gasteiger partial charge in [-0.2, -0.15) is 5.26 Å². The van der Waals surface area contributed by atoms with Crippen LogP contribution in [-0.4, -0.2) is 13.1 Å². The minimum Gasteiger partial charge on any atom is -0.372 e. The Balaban J connectivity index is 2.12. The van der Waals surface area contributed by atoms with Crippen LogP contribution in [0.2, 0.25) is 0 Å². The van der Waals surface area contributed by atoms with Gasteiger partial charge in [0.15, 0.2) is 0 Å². The third-order valence-corrected chi connectivity index (χ3v) is 3.75. The van der Waals surface area contributed by atoms with E-state index in [4.69, 9.17) is 5.26 Å². The highest BCUT2D eigenvalue weighted by Gasteiger charge is 2.17. The summed E-state index contributed by atoms with van der Waals surface area (Å²) in [7, 11) is 2.16. The first-order valence-corrected chi connectivity index (χ1v) is 6.54. The molecule has 1 aromatic carbocycles. The second kappa shape index (κ2) is 5.72. The van der Waals surface area contributed by atoms with Gasteiger partial charge in [-0.1, -0.05) is 31.7 Å². The lowest BCUT2D eigenvalue weighted by Gasteiger charge is -2.29. The SMILES string of the molecule is CN(c1cccc(C#N)c1)C1CCCCCC1. The molecule has 0 spiro atoms. The molecule has 1 aliphatic carbocycles. The summed E-state index contributed by atoms with van der Waals surface area (Å²) >= 11 is 0. The van der Waals surface area contributed by atoms with Crippen molar-refractivity contribution in [3.63, 3.8) is 0 Å². The predicted octanol–water partition coefficient (Wildman–Crippen LogP) is 3.72. The summed E-state index contributed by atoms with van der Waals surface area (Å²) in [5.41, 5.74) is 1.93. The number of nitriles is 1. The minimum absolute atomic E-state index is 0.645. The predicted molar refractivity (Wildman–Crippen MR) is 71.1 cm³/mol. The average molecular weight is 228 g/mol. The molecule has 0 radical (unpaired) electrons. The molecule has 2 heteroatoms. The fourth-order valence-corrected chi connectivity index (χ4v) is 2.65. The van der Waals surface area contributed by atoms with Crippen molar-refractivity contribution in [2.24, 2.45) is 0 Å². The zero-order valence-corrected chi connectivity index (χ0v) is 10.5. The van der Waals surface area contributed by atoms with Gasteiger partial charge in [0.05, 0.1) is 11.6 Å². The Labute approximate surface area is 104 Å². The molecule has 0 aromatic heterocycles. The zero-order valence-electron chi connectivity index (χ0n) is 10.5. The van der Waals surface area contributed by atoms with Crippen LogP contribution in [0.5, 0.6) is 0 Å². The van der Waals surface area contributed by atoms with Crippen LogP contribution in [0.3, 0.4) is 0 Å². The molecule has 0 atom stereocenters. The van der Waals surface area contributed by atoms with Crippen molar-refractivity contribution in [3.05, 3.63) is 29.8 Å². The minimum atomic E-state index is 0.645. The van der Waals surface area contributed by atoms with Gasteiger partial charge in [-0.3, -0.25) is 0 Å². The third-order valence-electron chi connectivity index (χ3n) is 3.75. The van der Waals surface area contributed by atoms with E-state index in [1.165, 1.54) is 44.2 Å². The summed E-state index contributed by atoms with van der Waals surface area (Å²) in [4.78, 5) is 2.35. The van der Waals surface area contributed by atoms with Crippen molar-refractivity contribution in [2.75, 3.05) is 11.9 Å². The first-order chi connectivity index (χ1) is 8.31. The van der Waals surface area contributed by atoms with E-state index < -0.39 is 0 Å². The molecular weight excluding hydrogens is 208 g/mol. The van der Waals surface area contributed by atoms with Crippen LogP contribution in [0.15, 0.2) is 24.3 Å². The number of benzene rings is 1. The maximum atomic E-state index is 8.93. The van der Waals surface area contributed by atoms with Crippen LogP contribution >= 0.6 is 0 Å². The molecule has 0 aliphatic heterocycles. The molecule has 0 bridgehead atoms. The second-order valence-electron chi connectivity index (χ2n) is 4.92. The molecule has 0 heterocycles. The van der Waals surface area contributed by atoms with E-state index in [1.54, 1.807) is 0 Å². The van der Waals surface area contributed by atoms with Crippen LogP contribution in [-0.2, 0) is 0 Å². The molecule has 0 saturated heterocycles. The largest absolute Gasteiger partial charge is 0.372 e. The Morgan fingerprint density at radius 3 is 2.53 bits per heavy atom. The summed E-state index contributed by atoms with van der Waals surface area (Å²) in [5.74, 6) is 0. The number of hydrogen-bond acceptors (Lipinski definition) is 2.